The van der Waals surface area contributed by atoms with Gasteiger partial charge in [-0.3, -0.25) is 9.78 Å². The van der Waals surface area contributed by atoms with Crippen LogP contribution in [0.15, 0.2) is 23.4 Å². The van der Waals surface area contributed by atoms with Crippen LogP contribution in [0.3, 0.4) is 0 Å². The first-order chi connectivity index (χ1) is 10.7. The normalized spacial score (nSPS) is 22.1. The highest BCUT2D eigenvalue weighted by atomic mass is 32.2. The van der Waals surface area contributed by atoms with E-state index in [1.165, 1.54) is 4.31 Å². The summed E-state index contributed by atoms with van der Waals surface area (Å²) in [5, 5.41) is 0. The van der Waals surface area contributed by atoms with Crippen LogP contribution in [-0.2, 0) is 14.8 Å². The van der Waals surface area contributed by atoms with Crippen LogP contribution in [0.25, 0.3) is 0 Å². The molecule has 0 aromatic carbocycles. The molecule has 1 saturated heterocycles. The number of carbonyl (C=O) groups is 1. The lowest BCUT2D eigenvalue weighted by Crippen LogP contribution is -2.62. The van der Waals surface area contributed by atoms with E-state index in [1.807, 2.05) is 0 Å². The fourth-order valence-corrected chi connectivity index (χ4v) is 4.76. The molecule has 1 aliphatic heterocycles. The van der Waals surface area contributed by atoms with Crippen molar-refractivity contribution in [3.63, 3.8) is 0 Å². The summed E-state index contributed by atoms with van der Waals surface area (Å²) in [6.07, 6.45) is 3.96. The predicted octanol–water partition coefficient (Wildman–Crippen LogP) is 1.24. The van der Waals surface area contributed by atoms with E-state index < -0.39 is 21.4 Å². The molecule has 1 saturated carbocycles. The van der Waals surface area contributed by atoms with Gasteiger partial charge in [0.05, 0.1) is 6.20 Å². The zero-order valence-electron chi connectivity index (χ0n) is 13.2. The first kappa shape index (κ1) is 16.3. The summed E-state index contributed by atoms with van der Waals surface area (Å²) in [4.78, 5) is 17.4. The van der Waals surface area contributed by atoms with Crippen LogP contribution in [0.1, 0.15) is 26.7 Å². The number of hydrogen-bond donors (Lipinski definition) is 0. The van der Waals surface area contributed by atoms with E-state index in [0.29, 0.717) is 13.1 Å². The van der Waals surface area contributed by atoms with Crippen molar-refractivity contribution in [2.24, 2.45) is 5.92 Å². The number of pyridine rings is 1. The molecule has 0 radical (unpaired) electrons. The third-order valence-corrected chi connectivity index (χ3v) is 6.41. The van der Waals surface area contributed by atoms with Crippen molar-refractivity contribution in [1.82, 2.24) is 14.2 Å². The highest BCUT2D eigenvalue weighted by molar-refractivity contribution is 7.89. The zero-order chi connectivity index (χ0) is 16.8. The number of carbonyl (C=O) groups excluding carboxylic acids is 1. The van der Waals surface area contributed by atoms with Crippen LogP contribution < -0.4 is 0 Å². The molecule has 1 amide bonds. The minimum atomic E-state index is -3.85. The molecule has 23 heavy (non-hydrogen) atoms. The van der Waals surface area contributed by atoms with Gasteiger partial charge in [0.25, 0.3) is 0 Å². The summed E-state index contributed by atoms with van der Waals surface area (Å²) in [7, 11) is -3.85. The number of piperazine rings is 1. The largest absolute Gasteiger partial charge is 0.339 e. The standard InChI is InChI=1S/C15H20FN3O3S/c1-15(2)10-18(14(20)11-3-4-11)5-6-19(15)23(21,22)13-7-12(16)8-17-9-13/h7-9,11H,3-6,10H2,1-2H3. The summed E-state index contributed by atoms with van der Waals surface area (Å²) in [5.41, 5.74) is -0.756. The molecule has 3 rings (SSSR count). The van der Waals surface area contributed by atoms with Gasteiger partial charge in [-0.05, 0) is 32.8 Å². The molecule has 2 aliphatic rings. The van der Waals surface area contributed by atoms with Gasteiger partial charge in [0.1, 0.15) is 10.7 Å². The van der Waals surface area contributed by atoms with Crippen molar-refractivity contribution in [3.8, 4) is 0 Å². The number of rotatable bonds is 3. The first-order valence-corrected chi connectivity index (χ1v) is 9.08. The predicted molar refractivity (Wildman–Crippen MR) is 81.5 cm³/mol. The van der Waals surface area contributed by atoms with Crippen molar-refractivity contribution in [3.05, 3.63) is 24.3 Å². The van der Waals surface area contributed by atoms with Crippen molar-refractivity contribution in [1.29, 1.82) is 0 Å². The molecule has 8 heteroatoms. The lowest BCUT2D eigenvalue weighted by Gasteiger charge is -2.46. The number of aromatic nitrogens is 1. The summed E-state index contributed by atoms with van der Waals surface area (Å²) in [6.45, 7) is 4.46. The molecule has 1 aliphatic carbocycles. The maximum atomic E-state index is 13.3. The molecule has 0 N–H and O–H groups in total. The van der Waals surface area contributed by atoms with Crippen molar-refractivity contribution in [2.75, 3.05) is 19.6 Å². The van der Waals surface area contributed by atoms with E-state index in [9.17, 15) is 17.6 Å². The molecule has 126 valence electrons. The van der Waals surface area contributed by atoms with Gasteiger partial charge in [0.15, 0.2) is 0 Å². The van der Waals surface area contributed by atoms with Gasteiger partial charge in [-0.2, -0.15) is 4.31 Å². The minimum absolute atomic E-state index is 0.112. The Labute approximate surface area is 135 Å². The topological polar surface area (TPSA) is 70.6 Å². The van der Waals surface area contributed by atoms with Crippen LogP contribution >= 0.6 is 0 Å². The Morgan fingerprint density at radius 1 is 1.30 bits per heavy atom. The monoisotopic (exact) mass is 341 g/mol. The van der Waals surface area contributed by atoms with Gasteiger partial charge in [-0.1, -0.05) is 0 Å². The molecular weight excluding hydrogens is 321 g/mol. The molecule has 0 unspecified atom stereocenters. The lowest BCUT2D eigenvalue weighted by molar-refractivity contribution is -0.136. The smallest absolute Gasteiger partial charge is 0.245 e. The van der Waals surface area contributed by atoms with E-state index in [-0.39, 0.29) is 23.3 Å². The Kier molecular flexibility index (Phi) is 3.92. The van der Waals surface area contributed by atoms with Crippen LogP contribution in [0, 0.1) is 11.7 Å². The third kappa shape index (κ3) is 3.10. The molecule has 0 bridgehead atoms. The molecule has 6 nitrogen and oxygen atoms in total. The van der Waals surface area contributed by atoms with E-state index in [2.05, 4.69) is 4.98 Å². The van der Waals surface area contributed by atoms with Gasteiger partial charge >= 0.3 is 0 Å². The molecule has 2 fully saturated rings. The van der Waals surface area contributed by atoms with Crippen LogP contribution in [0.4, 0.5) is 4.39 Å². The highest BCUT2D eigenvalue weighted by Gasteiger charge is 2.45. The second-order valence-corrected chi connectivity index (χ2v) is 8.62. The summed E-state index contributed by atoms with van der Waals surface area (Å²) in [5.74, 6) is -0.463. The number of nitrogens with zero attached hydrogens (tertiary/aromatic N) is 3. The third-order valence-electron chi connectivity index (χ3n) is 4.33. The number of amides is 1. The number of hydrogen-bond acceptors (Lipinski definition) is 4. The number of halogens is 1. The highest BCUT2D eigenvalue weighted by Crippen LogP contribution is 2.34. The molecule has 1 aromatic heterocycles. The van der Waals surface area contributed by atoms with Gasteiger partial charge in [0, 0.05) is 37.3 Å². The fourth-order valence-electron chi connectivity index (χ4n) is 3.02. The van der Waals surface area contributed by atoms with Gasteiger partial charge in [0.2, 0.25) is 15.9 Å². The average molecular weight is 341 g/mol. The Balaban J connectivity index is 1.84. The molecule has 1 aromatic rings. The molecule has 0 spiro atoms. The Bertz CT molecular complexity index is 731. The van der Waals surface area contributed by atoms with Crippen LogP contribution in [0.2, 0.25) is 0 Å². The Hall–Kier alpha value is -1.54. The second kappa shape index (κ2) is 5.52. The van der Waals surface area contributed by atoms with Gasteiger partial charge in [-0.25, -0.2) is 12.8 Å². The first-order valence-electron chi connectivity index (χ1n) is 7.64. The summed E-state index contributed by atoms with van der Waals surface area (Å²) < 4.78 is 40.3. The van der Waals surface area contributed by atoms with E-state index in [1.54, 1.807) is 18.7 Å². The fraction of sp³-hybridized carbons (Fsp3) is 0.600. The Morgan fingerprint density at radius 2 is 2.00 bits per heavy atom. The minimum Gasteiger partial charge on any atom is -0.339 e. The molecular formula is C15H20FN3O3S. The Morgan fingerprint density at radius 3 is 2.57 bits per heavy atom. The zero-order valence-corrected chi connectivity index (χ0v) is 14.0. The van der Waals surface area contributed by atoms with Gasteiger partial charge in [-0.15, -0.1) is 0 Å². The maximum Gasteiger partial charge on any atom is 0.245 e. The van der Waals surface area contributed by atoms with E-state index in [0.717, 1.165) is 31.3 Å². The lowest BCUT2D eigenvalue weighted by atomic mass is 10.0. The van der Waals surface area contributed by atoms with Crippen molar-refractivity contribution >= 4 is 15.9 Å². The molecule has 2 heterocycles. The second-order valence-electron chi connectivity index (χ2n) is 6.76. The maximum absolute atomic E-state index is 13.3. The quantitative estimate of drug-likeness (QED) is 0.829. The SMILES string of the molecule is CC1(C)CN(C(=O)C2CC2)CCN1S(=O)(=O)c1cncc(F)c1. The van der Waals surface area contributed by atoms with Crippen LogP contribution in [0.5, 0.6) is 0 Å². The van der Waals surface area contributed by atoms with Crippen LogP contribution in [-0.4, -0.2) is 53.7 Å². The van der Waals surface area contributed by atoms with E-state index >= 15 is 0 Å². The van der Waals surface area contributed by atoms with Crippen molar-refractivity contribution in [2.45, 2.75) is 37.1 Å². The van der Waals surface area contributed by atoms with Gasteiger partial charge < -0.3 is 4.90 Å². The summed E-state index contributed by atoms with van der Waals surface area (Å²) in [6, 6.07) is 0.972. The summed E-state index contributed by atoms with van der Waals surface area (Å²) >= 11 is 0. The molecule has 0 atom stereocenters. The van der Waals surface area contributed by atoms with Crippen molar-refractivity contribution < 1.29 is 17.6 Å². The number of sulfonamides is 1. The average Bonchev–Trinajstić information content (AvgIpc) is 3.29. The van der Waals surface area contributed by atoms with E-state index in [4.69, 9.17) is 0 Å².